The number of aliphatic carboxylic acids is 1. The van der Waals surface area contributed by atoms with Gasteiger partial charge >= 0.3 is 5.97 Å². The van der Waals surface area contributed by atoms with Gasteiger partial charge in [0.2, 0.25) is 0 Å². The van der Waals surface area contributed by atoms with Crippen LogP contribution in [-0.4, -0.2) is 39.0 Å². The predicted octanol–water partition coefficient (Wildman–Crippen LogP) is 2.17. The average molecular weight is 284 g/mol. The van der Waals surface area contributed by atoms with Crippen molar-refractivity contribution in [3.63, 3.8) is 0 Å². The molecule has 1 aromatic heterocycles. The Labute approximate surface area is 122 Å². The van der Waals surface area contributed by atoms with Gasteiger partial charge in [0.15, 0.2) is 0 Å². The first kappa shape index (κ1) is 13.4. The summed E-state index contributed by atoms with van der Waals surface area (Å²) in [5.41, 5.74) is 1.49. The normalized spacial score (nSPS) is 17.9. The highest BCUT2D eigenvalue weighted by molar-refractivity contribution is 5.97. The molecule has 2 heterocycles. The molecular formula is C16H16N2O3. The first-order valence-electron chi connectivity index (χ1n) is 6.94. The number of benzene rings is 1. The number of amides is 1. The van der Waals surface area contributed by atoms with Crippen LogP contribution in [-0.2, 0) is 4.79 Å². The van der Waals surface area contributed by atoms with Crippen molar-refractivity contribution in [3.05, 3.63) is 54.4 Å². The van der Waals surface area contributed by atoms with E-state index in [2.05, 4.69) is 0 Å². The van der Waals surface area contributed by atoms with E-state index in [4.69, 9.17) is 5.11 Å². The standard InChI is InChI=1S/C16H16N2O3/c19-15(18-11-3-4-14(18)16(20)21)12-5-7-13(8-6-12)17-9-1-2-10-17/h1-2,5-10,14H,3-4,11H2,(H,20,21)/t14-/m1/s1. The molecule has 0 radical (unpaired) electrons. The molecule has 5 nitrogen and oxygen atoms in total. The molecule has 1 fully saturated rings. The lowest BCUT2D eigenvalue weighted by Gasteiger charge is -2.21. The molecule has 0 spiro atoms. The van der Waals surface area contributed by atoms with E-state index < -0.39 is 12.0 Å². The van der Waals surface area contributed by atoms with Gasteiger partial charge in [-0.15, -0.1) is 0 Å². The minimum Gasteiger partial charge on any atom is -0.480 e. The lowest BCUT2D eigenvalue weighted by Crippen LogP contribution is -2.40. The zero-order chi connectivity index (χ0) is 14.8. The van der Waals surface area contributed by atoms with Crippen LogP contribution in [0.25, 0.3) is 5.69 Å². The van der Waals surface area contributed by atoms with Crippen molar-refractivity contribution in [2.24, 2.45) is 0 Å². The highest BCUT2D eigenvalue weighted by atomic mass is 16.4. The molecule has 21 heavy (non-hydrogen) atoms. The number of likely N-dealkylation sites (tertiary alicyclic amines) is 1. The maximum atomic E-state index is 12.4. The molecule has 1 aliphatic rings. The number of carbonyl (C=O) groups is 2. The zero-order valence-electron chi connectivity index (χ0n) is 11.5. The van der Waals surface area contributed by atoms with Crippen LogP contribution in [0.4, 0.5) is 0 Å². The highest BCUT2D eigenvalue weighted by Crippen LogP contribution is 2.21. The van der Waals surface area contributed by atoms with Crippen molar-refractivity contribution in [1.29, 1.82) is 0 Å². The zero-order valence-corrected chi connectivity index (χ0v) is 11.5. The molecule has 3 rings (SSSR count). The number of carboxylic acid groups (broad SMARTS) is 1. The Kier molecular flexibility index (Phi) is 3.48. The van der Waals surface area contributed by atoms with Crippen LogP contribution in [0, 0.1) is 0 Å². The van der Waals surface area contributed by atoms with Crippen molar-refractivity contribution >= 4 is 11.9 Å². The van der Waals surface area contributed by atoms with Gasteiger partial charge in [0.05, 0.1) is 0 Å². The predicted molar refractivity (Wildman–Crippen MR) is 77.5 cm³/mol. The number of carboxylic acids is 1. The monoisotopic (exact) mass is 284 g/mol. The third kappa shape index (κ3) is 2.54. The summed E-state index contributed by atoms with van der Waals surface area (Å²) in [6, 6.07) is 10.4. The van der Waals surface area contributed by atoms with Crippen LogP contribution in [0.1, 0.15) is 23.2 Å². The fourth-order valence-electron chi connectivity index (χ4n) is 2.72. The number of aromatic nitrogens is 1. The average Bonchev–Trinajstić information content (AvgIpc) is 3.18. The molecule has 1 atom stereocenters. The molecule has 0 unspecified atom stereocenters. The molecule has 0 saturated carbocycles. The maximum absolute atomic E-state index is 12.4. The number of carbonyl (C=O) groups excluding carboxylic acids is 1. The quantitative estimate of drug-likeness (QED) is 0.939. The Hall–Kier alpha value is -2.56. The summed E-state index contributed by atoms with van der Waals surface area (Å²) in [6.07, 6.45) is 5.13. The Balaban J connectivity index is 1.80. The second-order valence-corrected chi connectivity index (χ2v) is 5.13. The minimum absolute atomic E-state index is 0.209. The number of rotatable bonds is 3. The Morgan fingerprint density at radius 1 is 1.10 bits per heavy atom. The largest absolute Gasteiger partial charge is 0.480 e. The van der Waals surface area contributed by atoms with Gasteiger partial charge in [-0.05, 0) is 49.2 Å². The van der Waals surface area contributed by atoms with Crippen molar-refractivity contribution < 1.29 is 14.7 Å². The lowest BCUT2D eigenvalue weighted by atomic mass is 10.1. The molecule has 5 heteroatoms. The third-order valence-corrected chi connectivity index (χ3v) is 3.82. The first-order chi connectivity index (χ1) is 10.2. The van der Waals surface area contributed by atoms with Gasteiger partial charge in [-0.2, -0.15) is 0 Å². The van der Waals surface area contributed by atoms with Crippen LogP contribution in [0.15, 0.2) is 48.8 Å². The van der Waals surface area contributed by atoms with Gasteiger partial charge in [-0.3, -0.25) is 4.79 Å². The van der Waals surface area contributed by atoms with E-state index in [1.165, 1.54) is 4.90 Å². The molecule has 0 bridgehead atoms. The molecule has 1 N–H and O–H groups in total. The SMILES string of the molecule is O=C(O)[C@H]1CCCN1C(=O)c1ccc(-n2cccc2)cc1. The summed E-state index contributed by atoms with van der Waals surface area (Å²) < 4.78 is 1.95. The molecule has 0 aliphatic carbocycles. The second kappa shape index (κ2) is 5.44. The second-order valence-electron chi connectivity index (χ2n) is 5.13. The molecule has 2 aromatic rings. The third-order valence-electron chi connectivity index (χ3n) is 3.82. The number of nitrogens with zero attached hydrogens (tertiary/aromatic N) is 2. The molecular weight excluding hydrogens is 268 g/mol. The van der Waals surface area contributed by atoms with Crippen molar-refractivity contribution in [2.45, 2.75) is 18.9 Å². The Morgan fingerprint density at radius 3 is 2.38 bits per heavy atom. The van der Waals surface area contributed by atoms with Crippen LogP contribution >= 0.6 is 0 Å². The number of hydrogen-bond acceptors (Lipinski definition) is 2. The van der Waals surface area contributed by atoms with E-state index in [-0.39, 0.29) is 5.91 Å². The minimum atomic E-state index is -0.926. The smallest absolute Gasteiger partial charge is 0.326 e. The van der Waals surface area contributed by atoms with E-state index in [0.29, 0.717) is 18.5 Å². The van der Waals surface area contributed by atoms with Gasteiger partial charge in [0.1, 0.15) is 6.04 Å². The van der Waals surface area contributed by atoms with Gasteiger partial charge in [-0.25, -0.2) is 4.79 Å². The first-order valence-corrected chi connectivity index (χ1v) is 6.94. The van der Waals surface area contributed by atoms with E-state index in [9.17, 15) is 9.59 Å². The van der Waals surface area contributed by atoms with Gasteiger partial charge in [0, 0.05) is 30.2 Å². The molecule has 1 aromatic carbocycles. The van der Waals surface area contributed by atoms with Crippen molar-refractivity contribution in [2.75, 3.05) is 6.54 Å². The maximum Gasteiger partial charge on any atom is 0.326 e. The van der Waals surface area contributed by atoms with Crippen molar-refractivity contribution in [1.82, 2.24) is 9.47 Å². The van der Waals surface area contributed by atoms with Gasteiger partial charge in [0.25, 0.3) is 5.91 Å². The fraction of sp³-hybridized carbons (Fsp3) is 0.250. The summed E-state index contributed by atoms with van der Waals surface area (Å²) in [7, 11) is 0. The van der Waals surface area contributed by atoms with E-state index in [1.54, 1.807) is 12.1 Å². The summed E-state index contributed by atoms with van der Waals surface area (Å²) in [5.74, 6) is -1.14. The van der Waals surface area contributed by atoms with Crippen LogP contribution < -0.4 is 0 Å². The van der Waals surface area contributed by atoms with E-state index >= 15 is 0 Å². The lowest BCUT2D eigenvalue weighted by molar-refractivity contribution is -0.141. The van der Waals surface area contributed by atoms with Gasteiger partial charge in [-0.1, -0.05) is 0 Å². The van der Waals surface area contributed by atoms with E-state index in [1.807, 2.05) is 41.2 Å². The highest BCUT2D eigenvalue weighted by Gasteiger charge is 2.34. The molecule has 1 amide bonds. The molecule has 108 valence electrons. The fourth-order valence-corrected chi connectivity index (χ4v) is 2.72. The summed E-state index contributed by atoms with van der Waals surface area (Å²) >= 11 is 0. The Bertz CT molecular complexity index is 647. The Morgan fingerprint density at radius 2 is 1.76 bits per heavy atom. The number of hydrogen-bond donors (Lipinski definition) is 1. The van der Waals surface area contributed by atoms with Crippen LogP contribution in [0.3, 0.4) is 0 Å². The van der Waals surface area contributed by atoms with Crippen LogP contribution in [0.5, 0.6) is 0 Å². The van der Waals surface area contributed by atoms with Crippen LogP contribution in [0.2, 0.25) is 0 Å². The van der Waals surface area contributed by atoms with Gasteiger partial charge < -0.3 is 14.6 Å². The topological polar surface area (TPSA) is 62.5 Å². The summed E-state index contributed by atoms with van der Waals surface area (Å²) in [6.45, 7) is 0.509. The molecule has 1 saturated heterocycles. The van der Waals surface area contributed by atoms with E-state index in [0.717, 1.165) is 12.1 Å². The summed E-state index contributed by atoms with van der Waals surface area (Å²) in [5, 5.41) is 9.15. The molecule has 1 aliphatic heterocycles. The summed E-state index contributed by atoms with van der Waals surface area (Å²) in [4.78, 5) is 25.0. The van der Waals surface area contributed by atoms with Crippen molar-refractivity contribution in [3.8, 4) is 5.69 Å².